The van der Waals surface area contributed by atoms with E-state index >= 15 is 0 Å². The molecule has 0 fully saturated rings. The molecule has 3 rings (SSSR count). The van der Waals surface area contributed by atoms with Crippen LogP contribution in [0.3, 0.4) is 0 Å². The zero-order valence-corrected chi connectivity index (χ0v) is 16.9. The summed E-state index contributed by atoms with van der Waals surface area (Å²) in [4.78, 5) is 0. The Bertz CT molecular complexity index is 935. The van der Waals surface area contributed by atoms with Crippen LogP contribution in [0.25, 0.3) is 0 Å². The van der Waals surface area contributed by atoms with E-state index < -0.39 is 12.4 Å². The fourth-order valence-corrected chi connectivity index (χ4v) is 2.80. The van der Waals surface area contributed by atoms with Crippen molar-refractivity contribution in [3.63, 3.8) is 0 Å². The fraction of sp³-hybridized carbons (Fsp3) is 0.182. The Kier molecular flexibility index (Phi) is 7.97. The molecule has 0 aliphatic carbocycles. The molecule has 2 N–H and O–H groups in total. The lowest BCUT2D eigenvalue weighted by Crippen LogP contribution is -2.17. The van der Waals surface area contributed by atoms with E-state index in [0.29, 0.717) is 23.7 Å². The van der Waals surface area contributed by atoms with E-state index in [1.807, 2.05) is 30.3 Å². The summed E-state index contributed by atoms with van der Waals surface area (Å²) in [5.74, 6) is 0.794. The standard InChI is InChI=1S/C22H20F3NO3.ClH/c1-27-19-12-9-17(13-20(19)28-14-15-5-3-2-4-6-15)21(26)16-7-10-18(11-8-16)29-22(23,24)25;/h2-13,21H,14,26H2,1H3;1H/t21-;/m1./s1. The maximum Gasteiger partial charge on any atom is 0.573 e. The Labute approximate surface area is 178 Å². The predicted molar refractivity (Wildman–Crippen MR) is 110 cm³/mol. The Morgan fingerprint density at radius 3 is 2.10 bits per heavy atom. The third-order valence-corrected chi connectivity index (χ3v) is 4.26. The van der Waals surface area contributed by atoms with Gasteiger partial charge in [-0.2, -0.15) is 0 Å². The predicted octanol–water partition coefficient (Wildman–Crippen LogP) is 5.64. The van der Waals surface area contributed by atoms with Gasteiger partial charge in [0.15, 0.2) is 11.5 Å². The van der Waals surface area contributed by atoms with Gasteiger partial charge in [-0.1, -0.05) is 48.5 Å². The van der Waals surface area contributed by atoms with Gasteiger partial charge < -0.3 is 19.9 Å². The number of alkyl halides is 3. The zero-order chi connectivity index (χ0) is 20.9. The van der Waals surface area contributed by atoms with Crippen LogP contribution in [0.4, 0.5) is 13.2 Å². The molecule has 0 aromatic heterocycles. The molecule has 0 amide bonds. The minimum Gasteiger partial charge on any atom is -0.493 e. The monoisotopic (exact) mass is 439 g/mol. The summed E-state index contributed by atoms with van der Waals surface area (Å²) < 4.78 is 52.0. The van der Waals surface area contributed by atoms with Crippen molar-refractivity contribution in [1.29, 1.82) is 0 Å². The van der Waals surface area contributed by atoms with E-state index in [-0.39, 0.29) is 18.2 Å². The van der Waals surface area contributed by atoms with Crippen LogP contribution >= 0.6 is 12.4 Å². The Morgan fingerprint density at radius 2 is 1.50 bits per heavy atom. The van der Waals surface area contributed by atoms with Crippen molar-refractivity contribution in [1.82, 2.24) is 0 Å². The van der Waals surface area contributed by atoms with E-state index in [1.165, 1.54) is 24.3 Å². The Hall–Kier alpha value is -2.90. The van der Waals surface area contributed by atoms with E-state index in [0.717, 1.165) is 11.1 Å². The number of hydrogen-bond donors (Lipinski definition) is 1. The van der Waals surface area contributed by atoms with Gasteiger partial charge in [0.25, 0.3) is 0 Å². The molecule has 3 aromatic rings. The van der Waals surface area contributed by atoms with Gasteiger partial charge in [0.05, 0.1) is 13.2 Å². The lowest BCUT2D eigenvalue weighted by atomic mass is 9.99. The Morgan fingerprint density at radius 1 is 0.867 bits per heavy atom. The quantitative estimate of drug-likeness (QED) is 0.517. The van der Waals surface area contributed by atoms with Gasteiger partial charge >= 0.3 is 6.36 Å². The second-order valence-corrected chi connectivity index (χ2v) is 6.28. The van der Waals surface area contributed by atoms with Crippen LogP contribution in [-0.4, -0.2) is 13.5 Å². The topological polar surface area (TPSA) is 53.7 Å². The summed E-state index contributed by atoms with van der Waals surface area (Å²) in [6.45, 7) is 0.360. The molecular formula is C22H21ClF3NO3. The van der Waals surface area contributed by atoms with Crippen LogP contribution in [0.15, 0.2) is 72.8 Å². The lowest BCUT2D eigenvalue weighted by Gasteiger charge is -2.17. The highest BCUT2D eigenvalue weighted by atomic mass is 35.5. The summed E-state index contributed by atoms with van der Waals surface area (Å²) in [6.07, 6.45) is -4.73. The normalized spacial score (nSPS) is 11.9. The molecule has 0 spiro atoms. The van der Waals surface area contributed by atoms with Crippen LogP contribution in [0, 0.1) is 0 Å². The van der Waals surface area contributed by atoms with E-state index in [9.17, 15) is 13.2 Å². The number of methoxy groups -OCH3 is 1. The van der Waals surface area contributed by atoms with Crippen molar-refractivity contribution in [2.24, 2.45) is 5.73 Å². The smallest absolute Gasteiger partial charge is 0.493 e. The number of ether oxygens (including phenoxy) is 3. The first-order chi connectivity index (χ1) is 13.9. The Balaban J connectivity index is 0.00000320. The van der Waals surface area contributed by atoms with Gasteiger partial charge in [-0.15, -0.1) is 25.6 Å². The van der Waals surface area contributed by atoms with Crippen LogP contribution in [0.5, 0.6) is 17.2 Å². The summed E-state index contributed by atoms with van der Waals surface area (Å²) in [7, 11) is 1.55. The molecule has 0 aliphatic rings. The first kappa shape index (κ1) is 23.4. The summed E-state index contributed by atoms with van der Waals surface area (Å²) in [5, 5.41) is 0. The zero-order valence-electron chi connectivity index (χ0n) is 16.1. The average Bonchev–Trinajstić information content (AvgIpc) is 2.71. The SMILES string of the molecule is COc1ccc([C@H](N)c2ccc(OC(F)(F)F)cc2)cc1OCc1ccccc1.Cl. The van der Waals surface area contributed by atoms with Gasteiger partial charge in [0.1, 0.15) is 12.4 Å². The number of hydrogen-bond acceptors (Lipinski definition) is 4. The molecular weight excluding hydrogens is 419 g/mol. The molecule has 0 radical (unpaired) electrons. The molecule has 0 aliphatic heterocycles. The van der Waals surface area contributed by atoms with Crippen molar-refractivity contribution in [3.8, 4) is 17.2 Å². The summed E-state index contributed by atoms with van der Waals surface area (Å²) >= 11 is 0. The first-order valence-corrected chi connectivity index (χ1v) is 8.81. The summed E-state index contributed by atoms with van der Waals surface area (Å²) in [5.41, 5.74) is 8.68. The highest BCUT2D eigenvalue weighted by molar-refractivity contribution is 5.85. The molecule has 30 heavy (non-hydrogen) atoms. The molecule has 160 valence electrons. The van der Waals surface area contributed by atoms with E-state index in [2.05, 4.69) is 4.74 Å². The molecule has 0 saturated carbocycles. The molecule has 0 saturated heterocycles. The van der Waals surface area contributed by atoms with Crippen molar-refractivity contribution in [2.75, 3.05) is 7.11 Å². The third kappa shape index (κ3) is 6.30. The lowest BCUT2D eigenvalue weighted by molar-refractivity contribution is -0.274. The molecule has 1 atom stereocenters. The van der Waals surface area contributed by atoms with Gasteiger partial charge in [-0.05, 0) is 41.0 Å². The molecule has 0 bridgehead atoms. The van der Waals surface area contributed by atoms with Gasteiger partial charge in [-0.3, -0.25) is 0 Å². The van der Waals surface area contributed by atoms with Gasteiger partial charge in [0.2, 0.25) is 0 Å². The molecule has 4 nitrogen and oxygen atoms in total. The van der Waals surface area contributed by atoms with Gasteiger partial charge in [0, 0.05) is 0 Å². The average molecular weight is 440 g/mol. The van der Waals surface area contributed by atoms with Crippen LogP contribution < -0.4 is 19.9 Å². The van der Waals surface area contributed by atoms with E-state index in [1.54, 1.807) is 25.3 Å². The second-order valence-electron chi connectivity index (χ2n) is 6.28. The van der Waals surface area contributed by atoms with E-state index in [4.69, 9.17) is 15.2 Å². The minimum absolute atomic E-state index is 0. The number of halogens is 4. The van der Waals surface area contributed by atoms with Crippen molar-refractivity contribution in [2.45, 2.75) is 19.0 Å². The number of nitrogens with two attached hydrogens (primary N) is 1. The first-order valence-electron chi connectivity index (χ1n) is 8.81. The van der Waals surface area contributed by atoms with Crippen LogP contribution in [0.1, 0.15) is 22.7 Å². The molecule has 0 heterocycles. The second kappa shape index (κ2) is 10.2. The van der Waals surface area contributed by atoms with Crippen molar-refractivity contribution in [3.05, 3.63) is 89.5 Å². The highest BCUT2D eigenvalue weighted by Gasteiger charge is 2.31. The maximum absolute atomic E-state index is 12.3. The van der Waals surface area contributed by atoms with Crippen LogP contribution in [-0.2, 0) is 6.61 Å². The van der Waals surface area contributed by atoms with Crippen molar-refractivity contribution >= 4 is 12.4 Å². The third-order valence-electron chi connectivity index (χ3n) is 4.26. The van der Waals surface area contributed by atoms with Gasteiger partial charge in [-0.25, -0.2) is 0 Å². The number of rotatable bonds is 7. The largest absolute Gasteiger partial charge is 0.573 e. The minimum atomic E-state index is -4.73. The summed E-state index contributed by atoms with van der Waals surface area (Å²) in [6, 6.07) is 19.9. The van der Waals surface area contributed by atoms with Crippen LogP contribution in [0.2, 0.25) is 0 Å². The molecule has 0 unspecified atom stereocenters. The molecule has 8 heteroatoms. The highest BCUT2D eigenvalue weighted by Crippen LogP contribution is 2.33. The molecule has 3 aromatic carbocycles. The number of benzene rings is 3. The maximum atomic E-state index is 12.3. The fourth-order valence-electron chi connectivity index (χ4n) is 2.80. The van der Waals surface area contributed by atoms with Crippen molar-refractivity contribution < 1.29 is 27.4 Å².